The van der Waals surface area contributed by atoms with Gasteiger partial charge in [-0.05, 0) is 23.8 Å². The molecular weight excluding hydrogens is 301 g/mol. The number of aromatic nitrogens is 2. The normalized spacial score (nSPS) is 10.2. The predicted octanol–water partition coefficient (Wildman–Crippen LogP) is 2.72. The summed E-state index contributed by atoms with van der Waals surface area (Å²) in [6.45, 7) is 0.343. The summed E-state index contributed by atoms with van der Waals surface area (Å²) in [5.74, 6) is 0.207. The van der Waals surface area contributed by atoms with Gasteiger partial charge in [0.05, 0.1) is 7.11 Å². The molecule has 0 saturated carbocycles. The van der Waals surface area contributed by atoms with Gasteiger partial charge in [-0.1, -0.05) is 23.2 Å². The van der Waals surface area contributed by atoms with E-state index in [9.17, 15) is 4.79 Å². The Kier molecular flexibility index (Phi) is 4.76. The van der Waals surface area contributed by atoms with E-state index in [1.165, 1.54) is 19.2 Å². The third kappa shape index (κ3) is 3.82. The number of rotatable bonds is 4. The quantitative estimate of drug-likeness (QED) is 0.882. The number of hydrogen-bond donors (Lipinski definition) is 1. The monoisotopic (exact) mass is 311 g/mol. The van der Waals surface area contributed by atoms with Gasteiger partial charge in [0.2, 0.25) is 5.88 Å². The molecule has 2 aromatic heterocycles. The van der Waals surface area contributed by atoms with Gasteiger partial charge in [-0.15, -0.1) is 0 Å². The van der Waals surface area contributed by atoms with Crippen molar-refractivity contribution in [3.05, 3.63) is 51.9 Å². The third-order valence-corrected chi connectivity index (χ3v) is 2.87. The molecule has 0 aliphatic heterocycles. The Morgan fingerprint density at radius 2 is 2.00 bits per heavy atom. The molecule has 0 saturated heterocycles. The fourth-order valence-electron chi connectivity index (χ4n) is 1.55. The van der Waals surface area contributed by atoms with Gasteiger partial charge in [0, 0.05) is 24.4 Å². The summed E-state index contributed by atoms with van der Waals surface area (Å²) in [7, 11) is 1.53. The first-order valence-electron chi connectivity index (χ1n) is 5.68. The van der Waals surface area contributed by atoms with Crippen LogP contribution in [0.2, 0.25) is 10.3 Å². The van der Waals surface area contributed by atoms with Crippen LogP contribution in [0.25, 0.3) is 0 Å². The van der Waals surface area contributed by atoms with Crippen LogP contribution in [0.15, 0.2) is 30.5 Å². The van der Waals surface area contributed by atoms with Crippen LogP contribution in [0.1, 0.15) is 15.9 Å². The summed E-state index contributed by atoms with van der Waals surface area (Å²) in [5, 5.41) is 3.10. The minimum absolute atomic E-state index is 0.174. The van der Waals surface area contributed by atoms with Crippen LogP contribution in [0.4, 0.5) is 0 Å². The highest BCUT2D eigenvalue weighted by molar-refractivity contribution is 6.33. The van der Waals surface area contributed by atoms with Crippen molar-refractivity contribution in [1.82, 2.24) is 15.3 Å². The van der Waals surface area contributed by atoms with Crippen LogP contribution in [-0.4, -0.2) is 23.0 Å². The largest absolute Gasteiger partial charge is 0.481 e. The number of methoxy groups -OCH3 is 1. The molecule has 7 heteroatoms. The van der Waals surface area contributed by atoms with Crippen molar-refractivity contribution in [1.29, 1.82) is 0 Å². The Morgan fingerprint density at radius 1 is 1.30 bits per heavy atom. The second-order valence-corrected chi connectivity index (χ2v) is 4.66. The molecule has 0 radical (unpaired) electrons. The van der Waals surface area contributed by atoms with E-state index in [1.54, 1.807) is 18.3 Å². The van der Waals surface area contributed by atoms with E-state index in [1.807, 2.05) is 0 Å². The molecule has 0 unspecified atom stereocenters. The molecule has 20 heavy (non-hydrogen) atoms. The fraction of sp³-hybridized carbons (Fsp3) is 0.154. The maximum atomic E-state index is 12.0. The summed E-state index contributed by atoms with van der Waals surface area (Å²) in [4.78, 5) is 19.7. The summed E-state index contributed by atoms with van der Waals surface area (Å²) in [5.41, 5.74) is 1.23. The number of carbonyl (C=O) groups is 1. The van der Waals surface area contributed by atoms with Crippen molar-refractivity contribution < 1.29 is 9.53 Å². The van der Waals surface area contributed by atoms with E-state index in [0.717, 1.165) is 5.56 Å². The zero-order valence-corrected chi connectivity index (χ0v) is 12.1. The van der Waals surface area contributed by atoms with E-state index in [-0.39, 0.29) is 16.2 Å². The van der Waals surface area contributed by atoms with Crippen molar-refractivity contribution in [3.8, 4) is 5.88 Å². The summed E-state index contributed by atoms with van der Waals surface area (Å²) in [6.07, 6.45) is 1.61. The number of ether oxygens (including phenoxy) is 1. The molecule has 0 fully saturated rings. The SMILES string of the molecule is COc1cc(CNC(=O)c2cc(Cl)nc(Cl)c2)ccn1. The number of halogens is 2. The highest BCUT2D eigenvalue weighted by Crippen LogP contribution is 2.15. The van der Waals surface area contributed by atoms with Crippen LogP contribution in [0.5, 0.6) is 5.88 Å². The van der Waals surface area contributed by atoms with Gasteiger partial charge in [0.25, 0.3) is 5.91 Å². The van der Waals surface area contributed by atoms with Crippen LogP contribution < -0.4 is 10.1 Å². The van der Waals surface area contributed by atoms with Crippen LogP contribution in [-0.2, 0) is 6.54 Å². The zero-order valence-electron chi connectivity index (χ0n) is 10.6. The van der Waals surface area contributed by atoms with Crippen LogP contribution >= 0.6 is 23.2 Å². The minimum atomic E-state index is -0.285. The van der Waals surface area contributed by atoms with Gasteiger partial charge in [-0.2, -0.15) is 0 Å². The predicted molar refractivity (Wildman–Crippen MR) is 76.2 cm³/mol. The second kappa shape index (κ2) is 6.54. The first-order valence-corrected chi connectivity index (χ1v) is 6.44. The molecule has 104 valence electrons. The first-order chi connectivity index (χ1) is 9.58. The van der Waals surface area contributed by atoms with Crippen molar-refractivity contribution in [2.24, 2.45) is 0 Å². The number of carbonyl (C=O) groups excluding carboxylic acids is 1. The van der Waals surface area contributed by atoms with Crippen molar-refractivity contribution >= 4 is 29.1 Å². The maximum absolute atomic E-state index is 12.0. The smallest absolute Gasteiger partial charge is 0.251 e. The summed E-state index contributed by atoms with van der Waals surface area (Å²) < 4.78 is 5.01. The Morgan fingerprint density at radius 3 is 2.65 bits per heavy atom. The number of hydrogen-bond acceptors (Lipinski definition) is 4. The number of nitrogens with zero attached hydrogens (tertiary/aromatic N) is 2. The lowest BCUT2D eigenvalue weighted by Gasteiger charge is -2.07. The topological polar surface area (TPSA) is 64.1 Å². The van der Waals surface area contributed by atoms with Gasteiger partial charge in [-0.25, -0.2) is 9.97 Å². The molecule has 0 atom stereocenters. The molecular formula is C13H11Cl2N3O2. The molecule has 0 aliphatic carbocycles. The molecule has 1 amide bonds. The van der Waals surface area contributed by atoms with Gasteiger partial charge in [0.1, 0.15) is 10.3 Å². The van der Waals surface area contributed by atoms with E-state index >= 15 is 0 Å². The van der Waals surface area contributed by atoms with Gasteiger partial charge < -0.3 is 10.1 Å². The average molecular weight is 312 g/mol. The van der Waals surface area contributed by atoms with Gasteiger partial charge >= 0.3 is 0 Å². The average Bonchev–Trinajstić information content (AvgIpc) is 2.44. The summed E-state index contributed by atoms with van der Waals surface area (Å²) in [6, 6.07) is 6.44. The molecule has 0 spiro atoms. The highest BCUT2D eigenvalue weighted by atomic mass is 35.5. The molecule has 2 rings (SSSR count). The molecule has 5 nitrogen and oxygen atoms in total. The molecule has 1 N–H and O–H groups in total. The van der Waals surface area contributed by atoms with Crippen molar-refractivity contribution in [2.45, 2.75) is 6.54 Å². The second-order valence-electron chi connectivity index (χ2n) is 3.89. The number of amides is 1. The van der Waals surface area contributed by atoms with E-state index in [2.05, 4.69) is 15.3 Å². The minimum Gasteiger partial charge on any atom is -0.481 e. The standard InChI is InChI=1S/C13H11Cl2N3O2/c1-20-12-4-8(2-3-16-12)7-17-13(19)9-5-10(14)18-11(15)6-9/h2-6H,7H2,1H3,(H,17,19). The molecule has 2 aromatic rings. The van der Waals surface area contributed by atoms with Crippen LogP contribution in [0.3, 0.4) is 0 Å². The van der Waals surface area contributed by atoms with E-state index in [0.29, 0.717) is 18.0 Å². The lowest BCUT2D eigenvalue weighted by molar-refractivity contribution is 0.0950. The Bertz CT molecular complexity index is 615. The molecule has 0 bridgehead atoms. The van der Waals surface area contributed by atoms with E-state index in [4.69, 9.17) is 27.9 Å². The Labute approximate surface area is 125 Å². The van der Waals surface area contributed by atoms with Gasteiger partial charge in [-0.3, -0.25) is 4.79 Å². The summed E-state index contributed by atoms with van der Waals surface area (Å²) >= 11 is 11.5. The van der Waals surface area contributed by atoms with E-state index < -0.39 is 0 Å². The maximum Gasteiger partial charge on any atom is 0.251 e. The lowest BCUT2D eigenvalue weighted by Crippen LogP contribution is -2.22. The highest BCUT2D eigenvalue weighted by Gasteiger charge is 2.08. The first kappa shape index (κ1) is 14.6. The van der Waals surface area contributed by atoms with Crippen molar-refractivity contribution in [2.75, 3.05) is 7.11 Å². The lowest BCUT2D eigenvalue weighted by atomic mass is 10.2. The number of nitrogens with one attached hydrogen (secondary N) is 1. The van der Waals surface area contributed by atoms with Crippen LogP contribution in [0, 0.1) is 0 Å². The fourth-order valence-corrected chi connectivity index (χ4v) is 2.01. The Hall–Kier alpha value is -1.85. The zero-order chi connectivity index (χ0) is 14.5. The van der Waals surface area contributed by atoms with Crippen molar-refractivity contribution in [3.63, 3.8) is 0 Å². The third-order valence-electron chi connectivity index (χ3n) is 2.49. The molecule has 2 heterocycles. The Balaban J connectivity index is 2.04. The molecule has 0 aromatic carbocycles. The number of pyridine rings is 2. The van der Waals surface area contributed by atoms with Gasteiger partial charge in [0.15, 0.2) is 0 Å². The molecule has 0 aliphatic rings.